The van der Waals surface area contributed by atoms with Crippen molar-refractivity contribution < 1.29 is 73.8 Å². The number of aliphatic hydroxyl groups excluding tert-OH is 7. The third kappa shape index (κ3) is 23.8. The van der Waals surface area contributed by atoms with Crippen LogP contribution in [0.3, 0.4) is 0 Å². The van der Waals surface area contributed by atoms with E-state index in [9.17, 15) is 45.3 Å². The Morgan fingerprint density at radius 3 is 1.28 bits per heavy atom. The molecule has 2 aliphatic heterocycles. The van der Waals surface area contributed by atoms with Crippen LogP contribution in [-0.2, 0) is 38.0 Å². The minimum Gasteiger partial charge on any atom is -0.462 e. The van der Waals surface area contributed by atoms with Gasteiger partial charge in [0.1, 0.15) is 55.4 Å². The molecule has 0 aromatic rings. The van der Waals surface area contributed by atoms with Gasteiger partial charge in [-0.05, 0) is 12.8 Å². The Morgan fingerprint density at radius 1 is 0.459 bits per heavy atom. The number of hydrogen-bond acceptors (Lipinski definition) is 15. The van der Waals surface area contributed by atoms with Gasteiger partial charge in [-0.3, -0.25) is 9.59 Å². The lowest BCUT2D eigenvalue weighted by Crippen LogP contribution is -2.61. The molecule has 0 amide bonds. The van der Waals surface area contributed by atoms with Crippen LogP contribution in [0, 0.1) is 0 Å². The van der Waals surface area contributed by atoms with Gasteiger partial charge < -0.3 is 64.2 Å². The Balaban J connectivity index is 1.73. The highest BCUT2D eigenvalue weighted by atomic mass is 16.7. The van der Waals surface area contributed by atoms with Gasteiger partial charge in [-0.1, -0.05) is 162 Å². The molecule has 0 aromatic heterocycles. The first-order valence-corrected chi connectivity index (χ1v) is 24.1. The second-order valence-corrected chi connectivity index (χ2v) is 17.3. The highest BCUT2D eigenvalue weighted by molar-refractivity contribution is 5.70. The zero-order chi connectivity index (χ0) is 44.7. The smallest absolute Gasteiger partial charge is 0.306 e. The molecule has 2 rings (SSSR count). The Labute approximate surface area is 366 Å². The van der Waals surface area contributed by atoms with Gasteiger partial charge >= 0.3 is 11.9 Å². The molecular weight excluding hydrogens is 792 g/mol. The lowest BCUT2D eigenvalue weighted by molar-refractivity contribution is -0.332. The van der Waals surface area contributed by atoms with Crippen LogP contribution in [0.2, 0.25) is 0 Å². The molecule has 61 heavy (non-hydrogen) atoms. The molecule has 0 aromatic carbocycles. The van der Waals surface area contributed by atoms with Crippen LogP contribution < -0.4 is 0 Å². The van der Waals surface area contributed by atoms with Gasteiger partial charge in [0.05, 0.1) is 19.8 Å². The van der Waals surface area contributed by atoms with E-state index in [4.69, 9.17) is 28.4 Å². The summed E-state index contributed by atoms with van der Waals surface area (Å²) in [5.41, 5.74) is 0. The highest BCUT2D eigenvalue weighted by Gasteiger charge is 2.47. The topological polar surface area (TPSA) is 231 Å². The van der Waals surface area contributed by atoms with E-state index < -0.39 is 92.7 Å². The van der Waals surface area contributed by atoms with E-state index >= 15 is 0 Å². The number of hydrogen-bond donors (Lipinski definition) is 7. The first-order valence-electron chi connectivity index (χ1n) is 24.1. The molecule has 360 valence electrons. The van der Waals surface area contributed by atoms with Crippen molar-refractivity contribution in [3.05, 3.63) is 0 Å². The number of ether oxygens (including phenoxy) is 6. The van der Waals surface area contributed by atoms with E-state index in [2.05, 4.69) is 13.8 Å². The molecule has 2 aliphatic rings. The summed E-state index contributed by atoms with van der Waals surface area (Å²) in [4.78, 5) is 25.4. The fraction of sp³-hybridized carbons (Fsp3) is 0.957. The molecule has 11 unspecified atom stereocenters. The average Bonchev–Trinajstić information content (AvgIpc) is 3.25. The van der Waals surface area contributed by atoms with Crippen molar-refractivity contribution in [2.75, 3.05) is 26.4 Å². The summed E-state index contributed by atoms with van der Waals surface area (Å²) >= 11 is 0. The van der Waals surface area contributed by atoms with Gasteiger partial charge in [-0.25, -0.2) is 0 Å². The van der Waals surface area contributed by atoms with Crippen molar-refractivity contribution in [3.8, 4) is 0 Å². The van der Waals surface area contributed by atoms with Crippen LogP contribution in [0.1, 0.15) is 187 Å². The first-order chi connectivity index (χ1) is 29.5. The van der Waals surface area contributed by atoms with Gasteiger partial charge in [0.2, 0.25) is 0 Å². The number of esters is 2. The first kappa shape index (κ1) is 55.6. The Kier molecular flexibility index (Phi) is 31.8. The van der Waals surface area contributed by atoms with Crippen molar-refractivity contribution in [2.24, 2.45) is 0 Å². The second kappa shape index (κ2) is 34.8. The Bertz CT molecular complexity index is 1080. The molecule has 15 nitrogen and oxygen atoms in total. The molecular formula is C46H86O15. The predicted octanol–water partition coefficient (Wildman–Crippen LogP) is 5.65. The summed E-state index contributed by atoms with van der Waals surface area (Å²) in [6.07, 6.45) is 13.5. The number of unbranched alkanes of at least 4 members (excludes halogenated alkanes) is 23. The monoisotopic (exact) mass is 879 g/mol. The predicted molar refractivity (Wildman–Crippen MR) is 229 cm³/mol. The highest BCUT2D eigenvalue weighted by Crippen LogP contribution is 2.26. The maximum absolute atomic E-state index is 12.9. The number of carbonyl (C=O) groups is 2. The van der Waals surface area contributed by atoms with Gasteiger partial charge in [0.25, 0.3) is 0 Å². The van der Waals surface area contributed by atoms with Gasteiger partial charge in [0.15, 0.2) is 18.7 Å². The lowest BCUT2D eigenvalue weighted by atomic mass is 9.98. The average molecular weight is 879 g/mol. The molecule has 2 fully saturated rings. The van der Waals surface area contributed by atoms with Crippen molar-refractivity contribution in [2.45, 2.75) is 255 Å². The maximum Gasteiger partial charge on any atom is 0.306 e. The third-order valence-electron chi connectivity index (χ3n) is 11.8. The zero-order valence-electron chi connectivity index (χ0n) is 37.7. The summed E-state index contributed by atoms with van der Waals surface area (Å²) in [6, 6.07) is 0. The molecule has 0 spiro atoms. The van der Waals surface area contributed by atoms with E-state index in [0.29, 0.717) is 12.8 Å². The summed E-state index contributed by atoms with van der Waals surface area (Å²) in [7, 11) is 0. The van der Waals surface area contributed by atoms with Crippen LogP contribution in [0.15, 0.2) is 0 Å². The van der Waals surface area contributed by atoms with Crippen LogP contribution in [0.25, 0.3) is 0 Å². The molecule has 15 heteroatoms. The largest absolute Gasteiger partial charge is 0.462 e. The van der Waals surface area contributed by atoms with Crippen LogP contribution in [0.4, 0.5) is 0 Å². The molecule has 7 N–H and O–H groups in total. The Morgan fingerprint density at radius 2 is 0.836 bits per heavy atom. The number of rotatable bonds is 37. The van der Waals surface area contributed by atoms with E-state index in [1.54, 1.807) is 0 Å². The van der Waals surface area contributed by atoms with E-state index in [0.717, 1.165) is 44.9 Å². The zero-order valence-corrected chi connectivity index (χ0v) is 37.7. The maximum atomic E-state index is 12.9. The normalized spacial score (nSPS) is 27.2. The third-order valence-corrected chi connectivity index (χ3v) is 11.8. The van der Waals surface area contributed by atoms with Crippen molar-refractivity contribution in [1.82, 2.24) is 0 Å². The van der Waals surface area contributed by atoms with Crippen molar-refractivity contribution in [1.29, 1.82) is 0 Å². The number of aliphatic hydroxyl groups is 7. The lowest BCUT2D eigenvalue weighted by Gasteiger charge is -2.42. The van der Waals surface area contributed by atoms with E-state index in [1.165, 1.54) is 103 Å². The molecule has 0 bridgehead atoms. The minimum absolute atomic E-state index is 0.172. The van der Waals surface area contributed by atoms with E-state index in [-0.39, 0.29) is 26.1 Å². The fourth-order valence-corrected chi connectivity index (χ4v) is 7.81. The summed E-state index contributed by atoms with van der Waals surface area (Å²) in [6.45, 7) is 2.50. The molecule has 0 radical (unpaired) electrons. The van der Waals surface area contributed by atoms with Crippen LogP contribution in [0.5, 0.6) is 0 Å². The molecule has 2 saturated heterocycles. The molecule has 2 heterocycles. The summed E-state index contributed by atoms with van der Waals surface area (Å²) < 4.78 is 33.3. The van der Waals surface area contributed by atoms with E-state index in [1.807, 2.05) is 0 Å². The standard InChI is InChI=1S/C46H86O15/c1-3-5-7-9-10-11-12-13-14-15-16-17-18-19-20-21-22-23-25-27-29-38(49)59-34(31-56-37(48)28-26-24-8-6-4-2)32-57-45-44(55)42(53)40(51)36(61-45)33-58-46-43(54)41(52)39(50)35(30-47)60-46/h34-36,39-47,50-55H,3-33H2,1-2H3. The summed E-state index contributed by atoms with van der Waals surface area (Å²) in [5.74, 6) is -0.928. The van der Waals surface area contributed by atoms with Crippen molar-refractivity contribution in [3.63, 3.8) is 0 Å². The quantitative estimate of drug-likeness (QED) is 0.0295. The Hall–Kier alpha value is -1.50. The molecule has 11 atom stereocenters. The summed E-state index contributed by atoms with van der Waals surface area (Å²) in [5, 5.41) is 71.7. The fourth-order valence-electron chi connectivity index (χ4n) is 7.81. The molecule has 0 aliphatic carbocycles. The molecule has 0 saturated carbocycles. The van der Waals surface area contributed by atoms with Gasteiger partial charge in [0, 0.05) is 12.8 Å². The van der Waals surface area contributed by atoms with Crippen molar-refractivity contribution >= 4 is 11.9 Å². The van der Waals surface area contributed by atoms with Gasteiger partial charge in [-0.2, -0.15) is 0 Å². The van der Waals surface area contributed by atoms with Crippen LogP contribution in [-0.4, -0.2) is 142 Å². The SMILES string of the molecule is CCCCCCCCCCCCCCCCCCCCCCC(=O)OC(COC(=O)CCCCCCC)COC1OC(COC2OC(CO)C(O)C(O)C2O)C(O)C(O)C1O. The van der Waals surface area contributed by atoms with Gasteiger partial charge in [-0.15, -0.1) is 0 Å². The van der Waals surface area contributed by atoms with Crippen LogP contribution >= 0.6 is 0 Å². The number of carbonyl (C=O) groups excluding carboxylic acids is 2. The minimum atomic E-state index is -1.76. The second-order valence-electron chi connectivity index (χ2n) is 17.3.